The molecule has 0 atom stereocenters. The number of ether oxygens (including phenoxy) is 2. The Morgan fingerprint density at radius 1 is 1.12 bits per heavy atom. The van der Waals surface area contributed by atoms with Crippen molar-refractivity contribution < 1.29 is 14.3 Å². The van der Waals surface area contributed by atoms with E-state index in [2.05, 4.69) is 27.5 Å². The third-order valence-electron chi connectivity index (χ3n) is 3.45. The van der Waals surface area contributed by atoms with Gasteiger partial charge in [-0.25, -0.2) is 9.97 Å². The highest BCUT2D eigenvalue weighted by molar-refractivity contribution is 5.92. The highest BCUT2D eigenvalue weighted by Gasteiger charge is 2.08. The Morgan fingerprint density at radius 3 is 2.60 bits per heavy atom. The lowest BCUT2D eigenvalue weighted by Crippen LogP contribution is -2.29. The quantitative estimate of drug-likeness (QED) is 0.644. The third-order valence-corrected chi connectivity index (χ3v) is 3.45. The van der Waals surface area contributed by atoms with Crippen molar-refractivity contribution in [1.29, 1.82) is 0 Å². The summed E-state index contributed by atoms with van der Waals surface area (Å²) in [5, 5.41) is 5.95. The van der Waals surface area contributed by atoms with Crippen LogP contribution in [0.5, 0.6) is 11.5 Å². The van der Waals surface area contributed by atoms with E-state index >= 15 is 0 Å². The number of carbonyl (C=O) groups excluding carboxylic acids is 1. The Labute approximate surface area is 147 Å². The maximum absolute atomic E-state index is 12.1. The predicted molar refractivity (Wildman–Crippen MR) is 96.3 cm³/mol. The molecular weight excluding hydrogens is 320 g/mol. The van der Waals surface area contributed by atoms with E-state index in [-0.39, 0.29) is 5.91 Å². The highest BCUT2D eigenvalue weighted by Crippen LogP contribution is 2.16. The standard InChI is InChI=1S/C18H24N4O3/c1-3-4-9-19-17-12-16(21-13-22-17)18(23)20-10-11-25-15-7-5-14(24-2)6-8-15/h5-8,12-13H,3-4,9-11H2,1-2H3,(H,20,23)(H,19,21,22). The minimum Gasteiger partial charge on any atom is -0.497 e. The molecule has 0 saturated heterocycles. The maximum Gasteiger partial charge on any atom is 0.270 e. The second-order valence-electron chi connectivity index (χ2n) is 5.35. The highest BCUT2D eigenvalue weighted by atomic mass is 16.5. The predicted octanol–water partition coefficient (Wildman–Crippen LogP) is 2.51. The van der Waals surface area contributed by atoms with Crippen LogP contribution in [0.25, 0.3) is 0 Å². The molecule has 2 rings (SSSR count). The van der Waals surface area contributed by atoms with Crippen LogP contribution in [-0.2, 0) is 0 Å². The summed E-state index contributed by atoms with van der Waals surface area (Å²) in [4.78, 5) is 20.2. The number of carbonyl (C=O) groups is 1. The Balaban J connectivity index is 1.74. The molecule has 1 aromatic carbocycles. The Kier molecular flexibility index (Phi) is 7.49. The molecule has 0 aliphatic carbocycles. The molecule has 7 heteroatoms. The second-order valence-corrected chi connectivity index (χ2v) is 5.35. The van der Waals surface area contributed by atoms with Gasteiger partial charge in [0, 0.05) is 12.6 Å². The van der Waals surface area contributed by atoms with E-state index in [4.69, 9.17) is 9.47 Å². The number of hydrogen-bond donors (Lipinski definition) is 2. The Morgan fingerprint density at radius 2 is 1.88 bits per heavy atom. The minimum atomic E-state index is -0.251. The molecule has 0 radical (unpaired) electrons. The smallest absolute Gasteiger partial charge is 0.270 e. The summed E-state index contributed by atoms with van der Waals surface area (Å²) in [7, 11) is 1.61. The molecular formula is C18H24N4O3. The van der Waals surface area contributed by atoms with E-state index in [9.17, 15) is 4.79 Å². The SMILES string of the molecule is CCCCNc1cc(C(=O)NCCOc2ccc(OC)cc2)ncn1. The van der Waals surface area contributed by atoms with Gasteiger partial charge in [0.05, 0.1) is 13.7 Å². The zero-order valence-corrected chi connectivity index (χ0v) is 14.6. The van der Waals surface area contributed by atoms with Crippen LogP contribution in [0.4, 0.5) is 5.82 Å². The largest absolute Gasteiger partial charge is 0.497 e. The van der Waals surface area contributed by atoms with Crippen LogP contribution in [0, 0.1) is 0 Å². The van der Waals surface area contributed by atoms with Gasteiger partial charge in [-0.15, -0.1) is 0 Å². The Bertz CT molecular complexity index is 662. The number of methoxy groups -OCH3 is 1. The molecule has 134 valence electrons. The zero-order valence-electron chi connectivity index (χ0n) is 14.6. The van der Waals surface area contributed by atoms with Crippen molar-refractivity contribution in [2.45, 2.75) is 19.8 Å². The van der Waals surface area contributed by atoms with Crippen LogP contribution < -0.4 is 20.1 Å². The summed E-state index contributed by atoms with van der Waals surface area (Å²) >= 11 is 0. The fourth-order valence-corrected chi connectivity index (χ4v) is 2.07. The van der Waals surface area contributed by atoms with Gasteiger partial charge < -0.3 is 20.1 Å². The zero-order chi connectivity index (χ0) is 17.9. The van der Waals surface area contributed by atoms with Gasteiger partial charge >= 0.3 is 0 Å². The average molecular weight is 344 g/mol. The number of benzene rings is 1. The van der Waals surface area contributed by atoms with E-state index in [1.165, 1.54) is 6.33 Å². The summed E-state index contributed by atoms with van der Waals surface area (Å²) in [5.74, 6) is 1.90. The van der Waals surface area contributed by atoms with Crippen LogP contribution in [0.3, 0.4) is 0 Å². The van der Waals surface area contributed by atoms with Crippen molar-refractivity contribution in [3.8, 4) is 11.5 Å². The Hall–Kier alpha value is -2.83. The molecule has 1 heterocycles. The number of anilines is 1. The van der Waals surface area contributed by atoms with E-state index in [0.717, 1.165) is 30.9 Å². The van der Waals surface area contributed by atoms with Crippen molar-refractivity contribution in [3.05, 3.63) is 42.4 Å². The molecule has 0 fully saturated rings. The monoisotopic (exact) mass is 344 g/mol. The average Bonchev–Trinajstić information content (AvgIpc) is 2.66. The minimum absolute atomic E-state index is 0.251. The number of amides is 1. The fourth-order valence-electron chi connectivity index (χ4n) is 2.07. The molecule has 2 N–H and O–H groups in total. The van der Waals surface area contributed by atoms with Gasteiger partial charge in [-0.1, -0.05) is 13.3 Å². The fraction of sp³-hybridized carbons (Fsp3) is 0.389. The molecule has 0 aliphatic rings. The number of unbranched alkanes of at least 4 members (excludes halogenated alkanes) is 1. The van der Waals surface area contributed by atoms with Crippen LogP contribution in [0.2, 0.25) is 0 Å². The van der Waals surface area contributed by atoms with E-state index in [1.54, 1.807) is 13.2 Å². The van der Waals surface area contributed by atoms with Crippen LogP contribution in [0.15, 0.2) is 36.7 Å². The van der Waals surface area contributed by atoms with Crippen LogP contribution >= 0.6 is 0 Å². The lowest BCUT2D eigenvalue weighted by molar-refractivity contribution is 0.0942. The molecule has 1 amide bonds. The van der Waals surface area contributed by atoms with Gasteiger partial charge in [0.15, 0.2) is 0 Å². The molecule has 0 unspecified atom stereocenters. The lowest BCUT2D eigenvalue weighted by Gasteiger charge is -2.09. The maximum atomic E-state index is 12.1. The number of rotatable bonds is 10. The topological polar surface area (TPSA) is 85.4 Å². The van der Waals surface area contributed by atoms with Crippen molar-refractivity contribution in [2.75, 3.05) is 32.1 Å². The first-order valence-corrected chi connectivity index (χ1v) is 8.34. The molecule has 1 aromatic heterocycles. The van der Waals surface area contributed by atoms with Crippen molar-refractivity contribution in [3.63, 3.8) is 0 Å². The third kappa shape index (κ3) is 6.29. The summed E-state index contributed by atoms with van der Waals surface area (Å²) < 4.78 is 10.7. The summed E-state index contributed by atoms with van der Waals surface area (Å²) in [5.41, 5.74) is 0.332. The molecule has 0 bridgehead atoms. The van der Waals surface area contributed by atoms with E-state index in [1.807, 2.05) is 24.3 Å². The first kappa shape index (κ1) is 18.5. The van der Waals surface area contributed by atoms with E-state index < -0.39 is 0 Å². The first-order chi connectivity index (χ1) is 12.2. The summed E-state index contributed by atoms with van der Waals surface area (Å²) in [6.45, 7) is 3.69. The molecule has 0 saturated carbocycles. The number of hydrogen-bond acceptors (Lipinski definition) is 6. The normalized spacial score (nSPS) is 10.2. The van der Waals surface area contributed by atoms with Crippen LogP contribution in [-0.4, -0.2) is 42.7 Å². The van der Waals surface area contributed by atoms with Gasteiger partial charge in [0.1, 0.15) is 35.9 Å². The van der Waals surface area contributed by atoms with Gasteiger partial charge in [0.2, 0.25) is 0 Å². The summed E-state index contributed by atoms with van der Waals surface area (Å²) in [6, 6.07) is 8.93. The molecule has 25 heavy (non-hydrogen) atoms. The molecule has 0 aliphatic heterocycles. The van der Waals surface area contributed by atoms with Gasteiger partial charge in [0.25, 0.3) is 5.91 Å². The number of aromatic nitrogens is 2. The number of nitrogens with zero attached hydrogens (tertiary/aromatic N) is 2. The number of nitrogens with one attached hydrogen (secondary N) is 2. The molecule has 7 nitrogen and oxygen atoms in total. The molecule has 2 aromatic rings. The molecule has 0 spiro atoms. The van der Waals surface area contributed by atoms with Crippen LogP contribution in [0.1, 0.15) is 30.3 Å². The lowest BCUT2D eigenvalue weighted by atomic mass is 10.3. The first-order valence-electron chi connectivity index (χ1n) is 8.34. The van der Waals surface area contributed by atoms with Gasteiger partial charge in [-0.05, 0) is 30.7 Å². The van der Waals surface area contributed by atoms with Crippen molar-refractivity contribution in [2.24, 2.45) is 0 Å². The van der Waals surface area contributed by atoms with Gasteiger partial charge in [-0.2, -0.15) is 0 Å². The van der Waals surface area contributed by atoms with Crippen molar-refractivity contribution >= 4 is 11.7 Å². The van der Waals surface area contributed by atoms with Gasteiger partial charge in [-0.3, -0.25) is 4.79 Å². The van der Waals surface area contributed by atoms with Crippen molar-refractivity contribution in [1.82, 2.24) is 15.3 Å². The summed E-state index contributed by atoms with van der Waals surface area (Å²) in [6.07, 6.45) is 3.53. The second kappa shape index (κ2) is 10.1. The van der Waals surface area contributed by atoms with E-state index in [0.29, 0.717) is 24.7 Å².